The van der Waals surface area contributed by atoms with Gasteiger partial charge in [0.1, 0.15) is 0 Å². The van der Waals surface area contributed by atoms with E-state index in [4.69, 9.17) is 4.98 Å². The van der Waals surface area contributed by atoms with Gasteiger partial charge in [-0.2, -0.15) is 0 Å². The van der Waals surface area contributed by atoms with Gasteiger partial charge in [0.25, 0.3) is 0 Å². The van der Waals surface area contributed by atoms with Crippen LogP contribution in [0.25, 0.3) is 22.2 Å². The summed E-state index contributed by atoms with van der Waals surface area (Å²) in [7, 11) is 0. The van der Waals surface area contributed by atoms with Crippen molar-refractivity contribution in [1.82, 2.24) is 4.98 Å². The minimum atomic E-state index is -0.917. The van der Waals surface area contributed by atoms with Crippen LogP contribution in [0.3, 0.4) is 0 Å². The lowest BCUT2D eigenvalue weighted by Gasteiger charge is -2.10. The minimum Gasteiger partial charge on any atom is -0.478 e. The van der Waals surface area contributed by atoms with Gasteiger partial charge in [-0.25, -0.2) is 9.78 Å². The first-order valence-corrected chi connectivity index (χ1v) is 8.18. The smallest absolute Gasteiger partial charge is 0.335 e. The number of pyridine rings is 1. The van der Waals surface area contributed by atoms with Gasteiger partial charge in [-0.15, -0.1) is 0 Å². The van der Waals surface area contributed by atoms with E-state index in [1.165, 1.54) is 10.9 Å². The molecule has 0 saturated carbocycles. The van der Waals surface area contributed by atoms with Crippen LogP contribution < -0.4 is 0 Å². The third-order valence-electron chi connectivity index (χ3n) is 4.07. The molecular formula is C21H21NO2. The maximum absolute atomic E-state index is 11.3. The molecule has 0 aliphatic rings. The van der Waals surface area contributed by atoms with Gasteiger partial charge in [-0.05, 0) is 60.7 Å². The van der Waals surface area contributed by atoms with E-state index in [9.17, 15) is 9.90 Å². The van der Waals surface area contributed by atoms with Gasteiger partial charge >= 0.3 is 5.97 Å². The standard InChI is InChI=1S/C21H21NO2/c1-13(2)9-15-5-4-6-20-18(15)7-8-19(22-20)16-10-14(3)11-17(12-16)21(23)24/h4-8,10-13H,9H2,1-3H3,(H,23,24). The summed E-state index contributed by atoms with van der Waals surface area (Å²) >= 11 is 0. The molecule has 1 N–H and O–H groups in total. The van der Waals surface area contributed by atoms with Crippen LogP contribution in [0.5, 0.6) is 0 Å². The zero-order valence-corrected chi connectivity index (χ0v) is 14.2. The summed E-state index contributed by atoms with van der Waals surface area (Å²) in [5, 5.41) is 10.4. The number of fused-ring (bicyclic) bond motifs is 1. The maximum atomic E-state index is 11.3. The summed E-state index contributed by atoms with van der Waals surface area (Å²) in [4.78, 5) is 16.0. The lowest BCUT2D eigenvalue weighted by atomic mass is 9.98. The third kappa shape index (κ3) is 3.30. The van der Waals surface area contributed by atoms with E-state index in [0.29, 0.717) is 11.5 Å². The van der Waals surface area contributed by atoms with E-state index in [-0.39, 0.29) is 0 Å². The van der Waals surface area contributed by atoms with E-state index in [1.54, 1.807) is 12.1 Å². The Labute approximate surface area is 142 Å². The minimum absolute atomic E-state index is 0.292. The number of hydrogen-bond donors (Lipinski definition) is 1. The summed E-state index contributed by atoms with van der Waals surface area (Å²) in [6, 6.07) is 15.6. The average molecular weight is 319 g/mol. The molecule has 0 spiro atoms. The van der Waals surface area contributed by atoms with E-state index in [2.05, 4.69) is 26.0 Å². The number of aromatic nitrogens is 1. The van der Waals surface area contributed by atoms with Crippen molar-refractivity contribution in [2.45, 2.75) is 27.2 Å². The van der Waals surface area contributed by atoms with E-state index in [1.807, 2.05) is 31.2 Å². The number of carbonyl (C=O) groups is 1. The molecule has 0 aliphatic carbocycles. The second-order valence-corrected chi connectivity index (χ2v) is 6.67. The Kier molecular flexibility index (Phi) is 4.34. The Bertz CT molecular complexity index is 913. The second-order valence-electron chi connectivity index (χ2n) is 6.67. The Morgan fingerprint density at radius 1 is 1.12 bits per heavy atom. The molecule has 0 unspecified atom stereocenters. The molecule has 1 heterocycles. The highest BCUT2D eigenvalue weighted by Gasteiger charge is 2.10. The van der Waals surface area contributed by atoms with Crippen LogP contribution in [-0.4, -0.2) is 16.1 Å². The largest absolute Gasteiger partial charge is 0.478 e. The summed E-state index contributed by atoms with van der Waals surface area (Å²) in [5.41, 5.74) is 5.10. The van der Waals surface area contributed by atoms with Crippen LogP contribution in [0, 0.1) is 12.8 Å². The molecule has 3 rings (SSSR count). The van der Waals surface area contributed by atoms with E-state index >= 15 is 0 Å². The predicted molar refractivity (Wildman–Crippen MR) is 97.4 cm³/mol. The lowest BCUT2D eigenvalue weighted by molar-refractivity contribution is 0.0697. The van der Waals surface area contributed by atoms with Crippen LogP contribution in [0.4, 0.5) is 0 Å². The van der Waals surface area contributed by atoms with Crippen molar-refractivity contribution >= 4 is 16.9 Å². The van der Waals surface area contributed by atoms with Gasteiger partial charge in [0, 0.05) is 10.9 Å². The van der Waals surface area contributed by atoms with Crippen molar-refractivity contribution in [2.24, 2.45) is 5.92 Å². The van der Waals surface area contributed by atoms with Crippen molar-refractivity contribution in [3.63, 3.8) is 0 Å². The zero-order chi connectivity index (χ0) is 17.3. The SMILES string of the molecule is Cc1cc(C(=O)O)cc(-c2ccc3c(CC(C)C)cccc3n2)c1. The molecule has 24 heavy (non-hydrogen) atoms. The molecule has 0 aliphatic heterocycles. The molecule has 0 bridgehead atoms. The molecular weight excluding hydrogens is 298 g/mol. The highest BCUT2D eigenvalue weighted by molar-refractivity contribution is 5.90. The number of nitrogens with zero attached hydrogens (tertiary/aromatic N) is 1. The molecule has 3 aromatic rings. The number of benzene rings is 2. The average Bonchev–Trinajstić information content (AvgIpc) is 2.53. The molecule has 2 aromatic carbocycles. The van der Waals surface area contributed by atoms with Gasteiger partial charge in [-0.1, -0.05) is 32.0 Å². The molecule has 0 fully saturated rings. The van der Waals surface area contributed by atoms with E-state index in [0.717, 1.165) is 28.8 Å². The fourth-order valence-electron chi connectivity index (χ4n) is 3.05. The summed E-state index contributed by atoms with van der Waals surface area (Å²) in [5.74, 6) is -0.329. The topological polar surface area (TPSA) is 50.2 Å². The first-order chi connectivity index (χ1) is 11.4. The Morgan fingerprint density at radius 3 is 2.62 bits per heavy atom. The quantitative estimate of drug-likeness (QED) is 0.727. The van der Waals surface area contributed by atoms with Crippen molar-refractivity contribution in [1.29, 1.82) is 0 Å². The first-order valence-electron chi connectivity index (χ1n) is 8.18. The number of carboxylic acids is 1. The molecule has 122 valence electrons. The number of aromatic carboxylic acids is 1. The highest BCUT2D eigenvalue weighted by atomic mass is 16.4. The number of rotatable bonds is 4. The molecule has 0 radical (unpaired) electrons. The zero-order valence-electron chi connectivity index (χ0n) is 14.2. The first kappa shape index (κ1) is 16.2. The predicted octanol–water partition coefficient (Wildman–Crippen LogP) is 5.11. The van der Waals surface area contributed by atoms with Crippen LogP contribution >= 0.6 is 0 Å². The number of carboxylic acid groups (broad SMARTS) is 1. The van der Waals surface area contributed by atoms with Gasteiger partial charge in [0.2, 0.25) is 0 Å². The molecule has 0 amide bonds. The Morgan fingerprint density at radius 2 is 1.92 bits per heavy atom. The Balaban J connectivity index is 2.10. The van der Waals surface area contributed by atoms with Crippen LogP contribution in [0.15, 0.2) is 48.5 Å². The molecule has 1 aromatic heterocycles. The van der Waals surface area contributed by atoms with Crippen molar-refractivity contribution in [3.05, 3.63) is 65.2 Å². The van der Waals surface area contributed by atoms with Crippen molar-refractivity contribution in [3.8, 4) is 11.3 Å². The van der Waals surface area contributed by atoms with Gasteiger partial charge < -0.3 is 5.11 Å². The fourth-order valence-corrected chi connectivity index (χ4v) is 3.05. The monoisotopic (exact) mass is 319 g/mol. The van der Waals surface area contributed by atoms with Crippen LogP contribution in [-0.2, 0) is 6.42 Å². The third-order valence-corrected chi connectivity index (χ3v) is 4.07. The number of hydrogen-bond acceptors (Lipinski definition) is 2. The van der Waals surface area contributed by atoms with Gasteiger partial charge in [0.05, 0.1) is 16.8 Å². The number of aryl methyl sites for hydroxylation is 1. The normalized spacial score (nSPS) is 11.2. The highest BCUT2D eigenvalue weighted by Crippen LogP contribution is 2.26. The maximum Gasteiger partial charge on any atom is 0.335 e. The molecule has 0 saturated heterocycles. The van der Waals surface area contributed by atoms with Gasteiger partial charge in [-0.3, -0.25) is 0 Å². The fraction of sp³-hybridized carbons (Fsp3) is 0.238. The van der Waals surface area contributed by atoms with Crippen LogP contribution in [0.2, 0.25) is 0 Å². The summed E-state index contributed by atoms with van der Waals surface area (Å²) < 4.78 is 0. The van der Waals surface area contributed by atoms with Crippen LogP contribution in [0.1, 0.15) is 35.3 Å². The molecule has 3 heteroatoms. The summed E-state index contributed by atoms with van der Waals surface area (Å²) in [6.07, 6.45) is 1.02. The van der Waals surface area contributed by atoms with E-state index < -0.39 is 5.97 Å². The summed E-state index contributed by atoms with van der Waals surface area (Å²) in [6.45, 7) is 6.32. The van der Waals surface area contributed by atoms with Crippen molar-refractivity contribution < 1.29 is 9.90 Å². The Hall–Kier alpha value is -2.68. The van der Waals surface area contributed by atoms with Gasteiger partial charge in [0.15, 0.2) is 0 Å². The molecule has 0 atom stereocenters. The second kappa shape index (κ2) is 6.44. The lowest BCUT2D eigenvalue weighted by Crippen LogP contribution is -1.98. The van der Waals surface area contributed by atoms with Crippen molar-refractivity contribution in [2.75, 3.05) is 0 Å². The molecule has 3 nitrogen and oxygen atoms in total.